The van der Waals surface area contributed by atoms with Crippen LogP contribution in [0.4, 0.5) is 0 Å². The Hall–Kier alpha value is -2.88. The SMILES string of the molecule is CCc1nc(Oc2ccccc2)c2oc3ccccc3c2n1. The number of hydrogen-bond acceptors (Lipinski definition) is 4. The number of rotatable bonds is 3. The van der Waals surface area contributed by atoms with Gasteiger partial charge in [0.25, 0.3) is 5.88 Å². The van der Waals surface area contributed by atoms with Gasteiger partial charge in [-0.25, -0.2) is 4.98 Å². The molecular weight excluding hydrogens is 276 g/mol. The first-order chi connectivity index (χ1) is 10.8. The van der Waals surface area contributed by atoms with Crippen molar-refractivity contribution >= 4 is 22.1 Å². The first kappa shape index (κ1) is 12.8. The number of ether oxygens (including phenoxy) is 1. The van der Waals surface area contributed by atoms with Crippen molar-refractivity contribution < 1.29 is 9.15 Å². The fraction of sp³-hybridized carbons (Fsp3) is 0.111. The highest BCUT2D eigenvalue weighted by Crippen LogP contribution is 2.34. The molecule has 0 aliphatic heterocycles. The van der Waals surface area contributed by atoms with E-state index in [0.29, 0.717) is 11.5 Å². The maximum absolute atomic E-state index is 5.92. The fourth-order valence-electron chi connectivity index (χ4n) is 2.44. The van der Waals surface area contributed by atoms with Crippen LogP contribution in [0.15, 0.2) is 59.0 Å². The van der Waals surface area contributed by atoms with Gasteiger partial charge in [-0.15, -0.1) is 0 Å². The summed E-state index contributed by atoms with van der Waals surface area (Å²) in [5.74, 6) is 1.93. The molecule has 0 saturated carbocycles. The average Bonchev–Trinajstić information content (AvgIpc) is 2.95. The van der Waals surface area contributed by atoms with E-state index >= 15 is 0 Å². The van der Waals surface area contributed by atoms with Crippen molar-refractivity contribution in [2.45, 2.75) is 13.3 Å². The molecule has 0 aliphatic carbocycles. The maximum Gasteiger partial charge on any atom is 0.267 e. The Labute approximate surface area is 127 Å². The third-order valence-electron chi connectivity index (χ3n) is 3.51. The lowest BCUT2D eigenvalue weighted by Crippen LogP contribution is -1.96. The molecule has 108 valence electrons. The maximum atomic E-state index is 5.92. The molecule has 2 aromatic carbocycles. The Balaban J connectivity index is 1.96. The molecule has 0 saturated heterocycles. The number of para-hydroxylation sites is 2. The van der Waals surface area contributed by atoms with Crippen molar-refractivity contribution in [3.8, 4) is 11.6 Å². The van der Waals surface area contributed by atoms with E-state index in [1.165, 1.54) is 0 Å². The van der Waals surface area contributed by atoms with Crippen LogP contribution in [0.2, 0.25) is 0 Å². The van der Waals surface area contributed by atoms with Crippen LogP contribution in [0.3, 0.4) is 0 Å². The highest BCUT2D eigenvalue weighted by Gasteiger charge is 2.16. The van der Waals surface area contributed by atoms with Crippen molar-refractivity contribution in [2.24, 2.45) is 0 Å². The van der Waals surface area contributed by atoms with E-state index in [1.807, 2.05) is 61.5 Å². The fourth-order valence-corrected chi connectivity index (χ4v) is 2.44. The lowest BCUT2D eigenvalue weighted by Gasteiger charge is -2.06. The van der Waals surface area contributed by atoms with Gasteiger partial charge < -0.3 is 9.15 Å². The Morgan fingerprint density at radius 2 is 1.73 bits per heavy atom. The minimum Gasteiger partial charge on any atom is -0.449 e. The highest BCUT2D eigenvalue weighted by atomic mass is 16.5. The predicted octanol–water partition coefficient (Wildman–Crippen LogP) is 4.73. The van der Waals surface area contributed by atoms with Gasteiger partial charge in [0.05, 0.1) is 0 Å². The summed E-state index contributed by atoms with van der Waals surface area (Å²) >= 11 is 0. The largest absolute Gasteiger partial charge is 0.449 e. The molecular formula is C18H14N2O2. The lowest BCUT2D eigenvalue weighted by molar-refractivity contribution is 0.454. The van der Waals surface area contributed by atoms with Gasteiger partial charge >= 0.3 is 0 Å². The predicted molar refractivity (Wildman–Crippen MR) is 85.2 cm³/mol. The molecule has 4 aromatic rings. The summed E-state index contributed by atoms with van der Waals surface area (Å²) in [6, 6.07) is 17.4. The molecule has 4 rings (SSSR count). The molecule has 2 heterocycles. The number of hydrogen-bond donors (Lipinski definition) is 0. The highest BCUT2D eigenvalue weighted by molar-refractivity contribution is 6.03. The monoisotopic (exact) mass is 290 g/mol. The van der Waals surface area contributed by atoms with Crippen LogP contribution in [-0.4, -0.2) is 9.97 Å². The van der Waals surface area contributed by atoms with Gasteiger partial charge in [-0.05, 0) is 24.3 Å². The molecule has 22 heavy (non-hydrogen) atoms. The van der Waals surface area contributed by atoms with E-state index in [1.54, 1.807) is 0 Å². The normalized spacial score (nSPS) is 11.1. The first-order valence-corrected chi connectivity index (χ1v) is 7.26. The number of furan rings is 1. The van der Waals surface area contributed by atoms with Gasteiger partial charge in [0.15, 0.2) is 0 Å². The Kier molecular flexibility index (Phi) is 3.00. The van der Waals surface area contributed by atoms with Crippen LogP contribution in [0, 0.1) is 0 Å². The van der Waals surface area contributed by atoms with Gasteiger partial charge in [0.1, 0.15) is 22.7 Å². The topological polar surface area (TPSA) is 48.2 Å². The van der Waals surface area contributed by atoms with Crippen molar-refractivity contribution in [3.63, 3.8) is 0 Å². The molecule has 0 bridgehead atoms. The number of aromatic nitrogens is 2. The second kappa shape index (κ2) is 5.15. The van der Waals surface area contributed by atoms with Crippen LogP contribution in [0.5, 0.6) is 11.6 Å². The molecule has 0 radical (unpaired) electrons. The second-order valence-corrected chi connectivity index (χ2v) is 4.99. The molecule has 0 N–H and O–H groups in total. The first-order valence-electron chi connectivity index (χ1n) is 7.26. The number of nitrogens with zero attached hydrogens (tertiary/aromatic N) is 2. The van der Waals surface area contributed by atoms with E-state index in [0.717, 1.165) is 34.5 Å². The van der Waals surface area contributed by atoms with Crippen LogP contribution < -0.4 is 4.74 Å². The van der Waals surface area contributed by atoms with E-state index in [2.05, 4.69) is 9.97 Å². The Bertz CT molecular complexity index is 945. The average molecular weight is 290 g/mol. The van der Waals surface area contributed by atoms with Crippen LogP contribution in [0.25, 0.3) is 22.1 Å². The van der Waals surface area contributed by atoms with E-state index < -0.39 is 0 Å². The van der Waals surface area contributed by atoms with E-state index in [4.69, 9.17) is 9.15 Å². The minimum atomic E-state index is 0.462. The quantitative estimate of drug-likeness (QED) is 0.547. The summed E-state index contributed by atoms with van der Waals surface area (Å²) in [5.41, 5.74) is 2.17. The van der Waals surface area contributed by atoms with Crippen molar-refractivity contribution in [2.75, 3.05) is 0 Å². The zero-order chi connectivity index (χ0) is 14.9. The Morgan fingerprint density at radius 3 is 2.55 bits per heavy atom. The molecule has 0 fully saturated rings. The molecule has 4 nitrogen and oxygen atoms in total. The van der Waals surface area contributed by atoms with Crippen LogP contribution >= 0.6 is 0 Å². The van der Waals surface area contributed by atoms with Gasteiger partial charge in [-0.1, -0.05) is 37.3 Å². The van der Waals surface area contributed by atoms with Gasteiger partial charge in [-0.2, -0.15) is 4.98 Å². The standard InChI is InChI=1S/C18H14N2O2/c1-2-15-19-16-13-10-6-7-11-14(13)22-17(16)18(20-15)21-12-8-4-3-5-9-12/h3-11H,2H2,1H3. The number of benzene rings is 2. The molecule has 0 spiro atoms. The molecule has 4 heteroatoms. The van der Waals surface area contributed by atoms with Gasteiger partial charge in [0.2, 0.25) is 5.58 Å². The summed E-state index contributed by atoms with van der Waals surface area (Å²) < 4.78 is 11.8. The summed E-state index contributed by atoms with van der Waals surface area (Å²) in [4.78, 5) is 9.08. The van der Waals surface area contributed by atoms with Crippen molar-refractivity contribution in [3.05, 3.63) is 60.4 Å². The molecule has 0 unspecified atom stereocenters. The van der Waals surface area contributed by atoms with Crippen molar-refractivity contribution in [1.82, 2.24) is 9.97 Å². The summed E-state index contributed by atoms with van der Waals surface area (Å²) in [5, 5.41) is 0.979. The third-order valence-corrected chi connectivity index (χ3v) is 3.51. The third kappa shape index (κ3) is 2.09. The summed E-state index contributed by atoms with van der Waals surface area (Å²) in [7, 11) is 0. The van der Waals surface area contributed by atoms with E-state index in [-0.39, 0.29) is 0 Å². The second-order valence-electron chi connectivity index (χ2n) is 4.99. The molecule has 0 atom stereocenters. The zero-order valence-electron chi connectivity index (χ0n) is 12.1. The zero-order valence-corrected chi connectivity index (χ0v) is 12.1. The van der Waals surface area contributed by atoms with Crippen LogP contribution in [-0.2, 0) is 6.42 Å². The Morgan fingerprint density at radius 1 is 0.955 bits per heavy atom. The minimum absolute atomic E-state index is 0.462. The molecule has 0 aliphatic rings. The summed E-state index contributed by atoms with van der Waals surface area (Å²) in [6.07, 6.45) is 0.737. The van der Waals surface area contributed by atoms with Gasteiger partial charge in [0, 0.05) is 11.8 Å². The molecule has 0 amide bonds. The smallest absolute Gasteiger partial charge is 0.267 e. The van der Waals surface area contributed by atoms with E-state index in [9.17, 15) is 0 Å². The number of fused-ring (bicyclic) bond motifs is 3. The lowest BCUT2D eigenvalue weighted by atomic mass is 10.2. The van der Waals surface area contributed by atoms with Crippen LogP contribution in [0.1, 0.15) is 12.7 Å². The molecule has 2 aromatic heterocycles. The number of aryl methyl sites for hydroxylation is 1. The van der Waals surface area contributed by atoms with Gasteiger partial charge in [-0.3, -0.25) is 0 Å². The van der Waals surface area contributed by atoms with Crippen molar-refractivity contribution in [1.29, 1.82) is 0 Å². The summed E-state index contributed by atoms with van der Waals surface area (Å²) in [6.45, 7) is 2.02.